The number of benzene rings is 3. The molecule has 0 fully saturated rings. The summed E-state index contributed by atoms with van der Waals surface area (Å²) in [7, 11) is 0. The van der Waals surface area contributed by atoms with Crippen LogP contribution in [0.25, 0.3) is 60.9 Å². The maximum atomic E-state index is 4.96. The summed E-state index contributed by atoms with van der Waals surface area (Å²) in [4.78, 5) is 14.3. The Morgan fingerprint density at radius 2 is 1.31 bits per heavy atom. The number of nitrogens with zero attached hydrogens (tertiary/aromatic N) is 4. The van der Waals surface area contributed by atoms with E-state index in [4.69, 9.17) is 9.97 Å². The molecule has 0 atom stereocenters. The van der Waals surface area contributed by atoms with Crippen molar-refractivity contribution in [3.63, 3.8) is 0 Å². The topological polar surface area (TPSA) is 43.1 Å². The first-order valence-electron chi connectivity index (χ1n) is 12.1. The molecule has 4 heteroatoms. The number of fused-ring (bicyclic) bond motifs is 16. The average molecular weight is 447 g/mol. The summed E-state index contributed by atoms with van der Waals surface area (Å²) >= 11 is 0. The molecule has 0 amide bonds. The van der Waals surface area contributed by atoms with Gasteiger partial charge in [-0.1, -0.05) is 42.5 Å². The van der Waals surface area contributed by atoms with Gasteiger partial charge in [0.05, 0.1) is 5.52 Å². The summed E-state index contributed by atoms with van der Waals surface area (Å²) in [6.45, 7) is 0. The summed E-state index contributed by atoms with van der Waals surface area (Å²) in [6.07, 6.45) is 5.64. The molecular formula is C31H18N4. The lowest BCUT2D eigenvalue weighted by molar-refractivity contribution is 1.17. The van der Waals surface area contributed by atoms with Crippen LogP contribution in [0, 0.1) is 0 Å². The molecule has 7 aromatic rings. The van der Waals surface area contributed by atoms with Gasteiger partial charge < -0.3 is 0 Å². The van der Waals surface area contributed by atoms with Gasteiger partial charge in [-0.05, 0) is 87.7 Å². The van der Waals surface area contributed by atoms with Gasteiger partial charge in [0, 0.05) is 28.6 Å². The molecule has 0 bridgehead atoms. The number of aromatic nitrogens is 4. The predicted molar refractivity (Wildman–Crippen MR) is 140 cm³/mol. The highest BCUT2D eigenvalue weighted by Crippen LogP contribution is 2.49. The maximum Gasteiger partial charge on any atom is 0.178 e. The van der Waals surface area contributed by atoms with Crippen molar-refractivity contribution in [2.24, 2.45) is 0 Å². The molecule has 35 heavy (non-hydrogen) atoms. The Morgan fingerprint density at radius 3 is 2.29 bits per heavy atom. The summed E-state index contributed by atoms with van der Waals surface area (Å²) in [5.74, 6) is 0. The standard InChI is InChI=1S/C31H18N4/c1-2-6-18-17(5-1)15-24-19(18)9-10-20-21-11-12-23-28(26(21)16-25(20)24)22-7-3-14-33-30(22)35-27-8-4-13-32-29(27)34-31(23)35/h1-14H,15-16H2. The molecule has 0 radical (unpaired) electrons. The van der Waals surface area contributed by atoms with E-state index in [0.29, 0.717) is 0 Å². The lowest BCUT2D eigenvalue weighted by Gasteiger charge is -2.12. The van der Waals surface area contributed by atoms with Crippen molar-refractivity contribution in [1.29, 1.82) is 0 Å². The van der Waals surface area contributed by atoms with E-state index < -0.39 is 0 Å². The lowest BCUT2D eigenvalue weighted by atomic mass is 9.96. The normalized spacial score (nSPS) is 13.5. The third-order valence-electron chi connectivity index (χ3n) is 8.00. The van der Waals surface area contributed by atoms with Gasteiger partial charge in [-0.3, -0.25) is 4.40 Å². The van der Waals surface area contributed by atoms with Crippen LogP contribution in [-0.2, 0) is 12.8 Å². The minimum absolute atomic E-state index is 0.756. The van der Waals surface area contributed by atoms with Gasteiger partial charge in [0.25, 0.3) is 0 Å². The maximum absolute atomic E-state index is 4.96. The van der Waals surface area contributed by atoms with E-state index in [9.17, 15) is 0 Å². The van der Waals surface area contributed by atoms with Crippen LogP contribution < -0.4 is 0 Å². The molecule has 2 aliphatic rings. The van der Waals surface area contributed by atoms with Crippen molar-refractivity contribution < 1.29 is 0 Å². The summed E-state index contributed by atoms with van der Waals surface area (Å²) in [5, 5.41) is 3.60. The largest absolute Gasteiger partial charge is 0.274 e. The molecule has 4 heterocycles. The minimum Gasteiger partial charge on any atom is -0.274 e. The van der Waals surface area contributed by atoms with E-state index in [1.54, 1.807) is 6.20 Å². The Hall–Kier alpha value is -4.57. The molecule has 3 aromatic carbocycles. The first kappa shape index (κ1) is 17.8. The van der Waals surface area contributed by atoms with Crippen molar-refractivity contribution in [2.45, 2.75) is 12.8 Å². The fourth-order valence-corrected chi connectivity index (χ4v) is 6.56. The second-order valence-electron chi connectivity index (χ2n) is 9.63. The first-order valence-corrected chi connectivity index (χ1v) is 12.1. The second-order valence-corrected chi connectivity index (χ2v) is 9.63. The molecule has 0 unspecified atom stereocenters. The lowest BCUT2D eigenvalue weighted by Crippen LogP contribution is -1.96. The monoisotopic (exact) mass is 446 g/mol. The Bertz CT molecular complexity index is 2070. The van der Waals surface area contributed by atoms with E-state index in [1.807, 2.05) is 18.3 Å². The van der Waals surface area contributed by atoms with Crippen molar-refractivity contribution in [2.75, 3.05) is 0 Å². The molecule has 4 nitrogen and oxygen atoms in total. The van der Waals surface area contributed by atoms with Crippen molar-refractivity contribution in [1.82, 2.24) is 19.4 Å². The molecular weight excluding hydrogens is 428 g/mol. The average Bonchev–Trinajstić information content (AvgIpc) is 3.59. The first-order chi connectivity index (χ1) is 17.4. The number of pyridine rings is 3. The van der Waals surface area contributed by atoms with Crippen LogP contribution >= 0.6 is 0 Å². The molecule has 0 aliphatic heterocycles. The van der Waals surface area contributed by atoms with E-state index in [1.165, 1.54) is 55.3 Å². The molecule has 0 saturated carbocycles. The fraction of sp³-hybridized carbons (Fsp3) is 0.0645. The molecule has 0 N–H and O–H groups in total. The van der Waals surface area contributed by atoms with Crippen LogP contribution in [0.1, 0.15) is 22.3 Å². The zero-order valence-electron chi connectivity index (χ0n) is 18.8. The second kappa shape index (κ2) is 6.10. The molecule has 4 aromatic heterocycles. The Kier molecular flexibility index (Phi) is 3.11. The zero-order valence-corrected chi connectivity index (χ0v) is 18.8. The van der Waals surface area contributed by atoms with Gasteiger partial charge in [-0.15, -0.1) is 0 Å². The van der Waals surface area contributed by atoms with Crippen molar-refractivity contribution in [3.05, 3.63) is 107 Å². The Labute approximate surface area is 200 Å². The molecule has 0 spiro atoms. The molecule has 0 saturated heterocycles. The number of hydrogen-bond acceptors (Lipinski definition) is 3. The van der Waals surface area contributed by atoms with Crippen LogP contribution in [0.5, 0.6) is 0 Å². The van der Waals surface area contributed by atoms with E-state index in [0.717, 1.165) is 40.7 Å². The summed E-state index contributed by atoms with van der Waals surface area (Å²) in [6, 6.07) is 26.3. The fourth-order valence-electron chi connectivity index (χ4n) is 6.56. The third-order valence-corrected chi connectivity index (χ3v) is 8.00. The van der Waals surface area contributed by atoms with Crippen LogP contribution in [0.15, 0.2) is 85.2 Å². The number of rotatable bonds is 0. The predicted octanol–water partition coefficient (Wildman–Crippen LogP) is 6.73. The highest BCUT2D eigenvalue weighted by atomic mass is 15.1. The third kappa shape index (κ3) is 2.11. The Morgan fingerprint density at radius 1 is 0.571 bits per heavy atom. The summed E-state index contributed by atoms with van der Waals surface area (Å²) < 4.78 is 2.17. The smallest absolute Gasteiger partial charge is 0.178 e. The van der Waals surface area contributed by atoms with Gasteiger partial charge in [-0.25, -0.2) is 15.0 Å². The van der Waals surface area contributed by atoms with Crippen LogP contribution in [0.3, 0.4) is 0 Å². The van der Waals surface area contributed by atoms with Crippen LogP contribution in [0.4, 0.5) is 0 Å². The van der Waals surface area contributed by atoms with Crippen LogP contribution in [-0.4, -0.2) is 19.4 Å². The summed E-state index contributed by atoms with van der Waals surface area (Å²) in [5.41, 5.74) is 14.9. The number of hydrogen-bond donors (Lipinski definition) is 0. The number of imidazole rings is 1. The molecule has 162 valence electrons. The molecule has 9 rings (SSSR count). The molecule has 2 aliphatic carbocycles. The highest BCUT2D eigenvalue weighted by Gasteiger charge is 2.30. The highest BCUT2D eigenvalue weighted by molar-refractivity contribution is 6.16. The van der Waals surface area contributed by atoms with Gasteiger partial charge in [0.1, 0.15) is 11.3 Å². The van der Waals surface area contributed by atoms with E-state index in [-0.39, 0.29) is 0 Å². The van der Waals surface area contributed by atoms with Gasteiger partial charge in [0.2, 0.25) is 0 Å². The minimum atomic E-state index is 0.756. The van der Waals surface area contributed by atoms with Gasteiger partial charge >= 0.3 is 0 Å². The van der Waals surface area contributed by atoms with E-state index in [2.05, 4.69) is 70.0 Å². The SMILES string of the molecule is c1ccc2c(c1)Cc1c-2ccc2c1Cc1c-2ccc2c1c1cccnc1n1c3cccnc3nc21. The van der Waals surface area contributed by atoms with E-state index >= 15 is 0 Å². The van der Waals surface area contributed by atoms with Crippen LogP contribution in [0.2, 0.25) is 0 Å². The quantitative estimate of drug-likeness (QED) is 0.243. The van der Waals surface area contributed by atoms with Crippen molar-refractivity contribution >= 4 is 38.6 Å². The van der Waals surface area contributed by atoms with Gasteiger partial charge in [0.15, 0.2) is 5.65 Å². The van der Waals surface area contributed by atoms with Crippen molar-refractivity contribution in [3.8, 4) is 22.3 Å². The zero-order chi connectivity index (χ0) is 22.7. The van der Waals surface area contributed by atoms with Gasteiger partial charge in [-0.2, -0.15) is 0 Å². The Balaban J connectivity index is 1.39.